The van der Waals surface area contributed by atoms with Gasteiger partial charge in [-0.1, -0.05) is 36.4 Å². The first kappa shape index (κ1) is 16.1. The number of ketones is 1. The Hall–Kier alpha value is -2.79. The van der Waals surface area contributed by atoms with Crippen molar-refractivity contribution in [3.63, 3.8) is 0 Å². The molecule has 0 aliphatic rings. The van der Waals surface area contributed by atoms with Gasteiger partial charge in [-0.2, -0.15) is 0 Å². The van der Waals surface area contributed by atoms with Crippen LogP contribution >= 0.6 is 11.3 Å². The summed E-state index contributed by atoms with van der Waals surface area (Å²) < 4.78 is 11.2. The number of benzene rings is 2. The molecule has 3 rings (SSSR count). The van der Waals surface area contributed by atoms with Gasteiger partial charge in [-0.3, -0.25) is 4.79 Å². The maximum atomic E-state index is 12.6. The van der Waals surface area contributed by atoms with Gasteiger partial charge in [0, 0.05) is 11.8 Å². The first-order valence-electron chi connectivity index (χ1n) is 7.41. The number of ether oxygens (including phenoxy) is 2. The first-order chi connectivity index (χ1) is 11.7. The number of carbonyl (C=O) groups excluding carboxylic acids is 1. The lowest BCUT2D eigenvalue weighted by Gasteiger charge is -2.14. The molecule has 0 fully saturated rings. The van der Waals surface area contributed by atoms with E-state index in [-0.39, 0.29) is 5.78 Å². The number of nitrogens with two attached hydrogens (primary N) is 1. The predicted molar refractivity (Wildman–Crippen MR) is 95.9 cm³/mol. The second-order valence-corrected chi connectivity index (χ2v) is 6.12. The van der Waals surface area contributed by atoms with E-state index >= 15 is 0 Å². The summed E-state index contributed by atoms with van der Waals surface area (Å²) in [7, 11) is 1.55. The quantitative estimate of drug-likeness (QED) is 0.541. The van der Waals surface area contributed by atoms with Crippen LogP contribution in [0, 0.1) is 0 Å². The molecule has 5 heteroatoms. The zero-order valence-corrected chi connectivity index (χ0v) is 14.0. The fourth-order valence-corrected chi connectivity index (χ4v) is 3.00. The molecule has 0 spiro atoms. The van der Waals surface area contributed by atoms with E-state index in [1.807, 2.05) is 41.8 Å². The largest absolute Gasteiger partial charge is 0.493 e. The highest BCUT2D eigenvalue weighted by molar-refractivity contribution is 7.12. The zero-order valence-electron chi connectivity index (χ0n) is 13.2. The SMILES string of the molecule is COc1cc(N)c(C(=O)c2cccs2)cc1OCc1ccccc1. The van der Waals surface area contributed by atoms with E-state index in [2.05, 4.69) is 0 Å². The molecule has 2 aromatic carbocycles. The second kappa shape index (κ2) is 7.19. The van der Waals surface area contributed by atoms with Crippen molar-refractivity contribution in [3.8, 4) is 11.5 Å². The van der Waals surface area contributed by atoms with Crippen LogP contribution in [0.3, 0.4) is 0 Å². The van der Waals surface area contributed by atoms with E-state index in [1.165, 1.54) is 11.3 Å². The van der Waals surface area contributed by atoms with Crippen LogP contribution in [0.25, 0.3) is 0 Å². The Kier molecular flexibility index (Phi) is 4.82. The molecule has 1 aromatic heterocycles. The maximum Gasteiger partial charge on any atom is 0.205 e. The van der Waals surface area contributed by atoms with Crippen LogP contribution < -0.4 is 15.2 Å². The molecular weight excluding hydrogens is 322 g/mol. The molecule has 0 atom stereocenters. The van der Waals surface area contributed by atoms with E-state index < -0.39 is 0 Å². The summed E-state index contributed by atoms with van der Waals surface area (Å²) >= 11 is 1.38. The molecule has 1 heterocycles. The van der Waals surface area contributed by atoms with Crippen LogP contribution in [-0.4, -0.2) is 12.9 Å². The molecule has 0 bridgehead atoms. The van der Waals surface area contributed by atoms with Crippen molar-refractivity contribution in [3.05, 3.63) is 76.0 Å². The smallest absolute Gasteiger partial charge is 0.205 e. The molecule has 4 nitrogen and oxygen atoms in total. The van der Waals surface area contributed by atoms with Gasteiger partial charge in [-0.25, -0.2) is 0 Å². The Labute approximate surface area is 144 Å². The van der Waals surface area contributed by atoms with E-state index in [0.717, 1.165) is 5.56 Å². The fraction of sp³-hybridized carbons (Fsp3) is 0.105. The molecule has 3 aromatic rings. The third-order valence-electron chi connectivity index (χ3n) is 3.56. The van der Waals surface area contributed by atoms with E-state index in [0.29, 0.717) is 34.2 Å². The molecule has 0 unspecified atom stereocenters. The van der Waals surface area contributed by atoms with Crippen molar-refractivity contribution in [1.82, 2.24) is 0 Å². The van der Waals surface area contributed by atoms with Gasteiger partial charge in [0.2, 0.25) is 5.78 Å². The van der Waals surface area contributed by atoms with Crippen molar-refractivity contribution >= 4 is 22.8 Å². The molecule has 0 amide bonds. The van der Waals surface area contributed by atoms with Gasteiger partial charge in [-0.15, -0.1) is 11.3 Å². The van der Waals surface area contributed by atoms with E-state index in [1.54, 1.807) is 25.3 Å². The van der Waals surface area contributed by atoms with Gasteiger partial charge in [0.05, 0.1) is 17.6 Å². The van der Waals surface area contributed by atoms with Crippen LogP contribution in [0.5, 0.6) is 11.5 Å². The van der Waals surface area contributed by atoms with Crippen molar-refractivity contribution < 1.29 is 14.3 Å². The van der Waals surface area contributed by atoms with Crippen LogP contribution in [-0.2, 0) is 6.61 Å². The van der Waals surface area contributed by atoms with Crippen LogP contribution in [0.15, 0.2) is 60.0 Å². The topological polar surface area (TPSA) is 61.5 Å². The summed E-state index contributed by atoms with van der Waals surface area (Å²) in [5.74, 6) is 0.885. The van der Waals surface area contributed by atoms with E-state index in [9.17, 15) is 4.79 Å². The molecular formula is C19H17NO3S. The molecule has 0 radical (unpaired) electrons. The number of anilines is 1. The number of hydrogen-bond acceptors (Lipinski definition) is 5. The van der Waals surface area contributed by atoms with Crippen LogP contribution in [0.1, 0.15) is 20.8 Å². The van der Waals surface area contributed by atoms with Gasteiger partial charge >= 0.3 is 0 Å². The highest BCUT2D eigenvalue weighted by Crippen LogP contribution is 2.34. The third-order valence-corrected chi connectivity index (χ3v) is 4.43. The lowest BCUT2D eigenvalue weighted by Crippen LogP contribution is -2.06. The van der Waals surface area contributed by atoms with Crippen LogP contribution in [0.4, 0.5) is 5.69 Å². The summed E-state index contributed by atoms with van der Waals surface area (Å²) in [4.78, 5) is 13.2. The molecule has 122 valence electrons. The molecule has 0 saturated heterocycles. The summed E-state index contributed by atoms with van der Waals surface area (Å²) in [6.45, 7) is 0.383. The number of thiophene rings is 1. The van der Waals surface area contributed by atoms with Gasteiger partial charge < -0.3 is 15.2 Å². The number of methoxy groups -OCH3 is 1. The van der Waals surface area contributed by atoms with E-state index in [4.69, 9.17) is 15.2 Å². The second-order valence-electron chi connectivity index (χ2n) is 5.17. The number of rotatable bonds is 6. The number of carbonyl (C=O) groups is 1. The minimum atomic E-state index is -0.116. The Bertz CT molecular complexity index is 829. The number of hydrogen-bond donors (Lipinski definition) is 1. The van der Waals surface area contributed by atoms with Crippen molar-refractivity contribution in [2.75, 3.05) is 12.8 Å². The minimum Gasteiger partial charge on any atom is -0.493 e. The van der Waals surface area contributed by atoms with Crippen molar-refractivity contribution in [2.45, 2.75) is 6.61 Å². The normalized spacial score (nSPS) is 10.4. The highest BCUT2D eigenvalue weighted by atomic mass is 32.1. The first-order valence-corrected chi connectivity index (χ1v) is 8.29. The Morgan fingerprint density at radius 3 is 2.54 bits per heavy atom. The summed E-state index contributed by atoms with van der Waals surface area (Å²) in [6.07, 6.45) is 0. The Balaban J connectivity index is 1.90. The fourth-order valence-electron chi connectivity index (χ4n) is 2.32. The third kappa shape index (κ3) is 3.41. The van der Waals surface area contributed by atoms with Crippen molar-refractivity contribution in [2.24, 2.45) is 0 Å². The Morgan fingerprint density at radius 2 is 1.88 bits per heavy atom. The van der Waals surface area contributed by atoms with Crippen molar-refractivity contribution in [1.29, 1.82) is 0 Å². The minimum absolute atomic E-state index is 0.116. The molecule has 0 saturated carbocycles. The average molecular weight is 339 g/mol. The van der Waals surface area contributed by atoms with Crippen LogP contribution in [0.2, 0.25) is 0 Å². The summed E-state index contributed by atoms with van der Waals surface area (Å²) in [5, 5.41) is 1.86. The monoisotopic (exact) mass is 339 g/mol. The maximum absolute atomic E-state index is 12.6. The predicted octanol–water partition coefficient (Wildman–Crippen LogP) is 4.15. The van der Waals surface area contributed by atoms with Gasteiger partial charge in [0.15, 0.2) is 11.5 Å². The zero-order chi connectivity index (χ0) is 16.9. The lowest BCUT2D eigenvalue weighted by molar-refractivity contribution is 0.104. The van der Waals surface area contributed by atoms with Gasteiger partial charge in [0.1, 0.15) is 6.61 Å². The molecule has 2 N–H and O–H groups in total. The van der Waals surface area contributed by atoms with Gasteiger partial charge in [-0.05, 0) is 23.1 Å². The lowest BCUT2D eigenvalue weighted by atomic mass is 10.1. The van der Waals surface area contributed by atoms with Gasteiger partial charge in [0.25, 0.3) is 0 Å². The number of nitrogen functional groups attached to an aromatic ring is 1. The standard InChI is InChI=1S/C19H17NO3S/c1-22-16-11-15(20)14(19(21)18-8-5-9-24-18)10-17(16)23-12-13-6-3-2-4-7-13/h2-11H,12,20H2,1H3. The summed E-state index contributed by atoms with van der Waals surface area (Å²) in [5.41, 5.74) is 7.85. The summed E-state index contributed by atoms with van der Waals surface area (Å²) in [6, 6.07) is 16.7. The Morgan fingerprint density at radius 1 is 1.08 bits per heavy atom. The molecule has 0 aliphatic carbocycles. The molecule has 0 aliphatic heterocycles. The average Bonchev–Trinajstić information content (AvgIpc) is 3.15. The molecule has 24 heavy (non-hydrogen) atoms. The highest BCUT2D eigenvalue weighted by Gasteiger charge is 2.18.